The highest BCUT2D eigenvalue weighted by atomic mass is 35.5. The quantitative estimate of drug-likeness (QED) is 0.734. The molecule has 0 fully saturated rings. The summed E-state index contributed by atoms with van der Waals surface area (Å²) in [7, 11) is 0. The van der Waals surface area contributed by atoms with Crippen molar-refractivity contribution < 1.29 is 4.79 Å². The van der Waals surface area contributed by atoms with Crippen LogP contribution < -0.4 is 5.32 Å². The lowest BCUT2D eigenvalue weighted by Crippen LogP contribution is -2.13. The van der Waals surface area contributed by atoms with Crippen LogP contribution in [-0.4, -0.2) is 15.7 Å². The van der Waals surface area contributed by atoms with E-state index in [1.54, 1.807) is 12.1 Å². The molecule has 0 spiro atoms. The topological polar surface area (TPSA) is 46.9 Å². The fraction of sp³-hybridized carbons (Fsp3) is 0.200. The van der Waals surface area contributed by atoms with Gasteiger partial charge in [-0.1, -0.05) is 29.8 Å². The SMILES string of the molecule is Cc1cc(C)n(Cc2cccc(C(=O)Nc3cc(Cl)ccc3C)c2)n1. The third-order valence-electron chi connectivity index (χ3n) is 4.07. The number of hydrogen-bond acceptors (Lipinski definition) is 2. The molecule has 1 amide bonds. The number of rotatable bonds is 4. The standard InChI is InChI=1S/C20H20ClN3O/c1-13-7-8-18(21)11-19(13)22-20(25)17-6-4-5-16(10-17)12-24-15(3)9-14(2)23-24/h4-11H,12H2,1-3H3,(H,22,25). The number of benzene rings is 2. The maximum absolute atomic E-state index is 12.6. The summed E-state index contributed by atoms with van der Waals surface area (Å²) in [6.45, 7) is 6.57. The van der Waals surface area contributed by atoms with Crippen LogP contribution in [0.3, 0.4) is 0 Å². The lowest BCUT2D eigenvalue weighted by atomic mass is 10.1. The molecule has 1 aromatic heterocycles. The first kappa shape index (κ1) is 17.2. The highest BCUT2D eigenvalue weighted by molar-refractivity contribution is 6.31. The van der Waals surface area contributed by atoms with E-state index < -0.39 is 0 Å². The minimum Gasteiger partial charge on any atom is -0.322 e. The predicted molar refractivity (Wildman–Crippen MR) is 101 cm³/mol. The Morgan fingerprint density at radius 3 is 2.64 bits per heavy atom. The average Bonchev–Trinajstić information content (AvgIpc) is 2.88. The van der Waals surface area contributed by atoms with Crippen LogP contribution in [0.4, 0.5) is 5.69 Å². The van der Waals surface area contributed by atoms with Gasteiger partial charge in [0.25, 0.3) is 5.91 Å². The highest BCUT2D eigenvalue weighted by Crippen LogP contribution is 2.21. The Balaban J connectivity index is 1.79. The Kier molecular flexibility index (Phi) is 4.91. The van der Waals surface area contributed by atoms with Crippen molar-refractivity contribution in [3.63, 3.8) is 0 Å². The second-order valence-electron chi connectivity index (χ2n) is 6.20. The van der Waals surface area contributed by atoms with Gasteiger partial charge in [-0.2, -0.15) is 5.10 Å². The fourth-order valence-electron chi connectivity index (χ4n) is 2.74. The number of nitrogens with zero attached hydrogens (tertiary/aromatic N) is 2. The first-order chi connectivity index (χ1) is 11.9. The molecule has 3 aromatic rings. The van der Waals surface area contributed by atoms with Crippen molar-refractivity contribution in [2.24, 2.45) is 0 Å². The monoisotopic (exact) mass is 353 g/mol. The van der Waals surface area contributed by atoms with Crippen molar-refractivity contribution in [2.45, 2.75) is 27.3 Å². The van der Waals surface area contributed by atoms with Crippen molar-refractivity contribution in [1.29, 1.82) is 0 Å². The summed E-state index contributed by atoms with van der Waals surface area (Å²) in [5.41, 5.74) is 5.42. The van der Waals surface area contributed by atoms with Crippen molar-refractivity contribution in [3.8, 4) is 0 Å². The minimum atomic E-state index is -0.152. The van der Waals surface area contributed by atoms with Crippen LogP contribution in [0.15, 0.2) is 48.5 Å². The van der Waals surface area contributed by atoms with Gasteiger partial charge >= 0.3 is 0 Å². The molecule has 0 unspecified atom stereocenters. The number of anilines is 1. The zero-order valence-corrected chi connectivity index (χ0v) is 15.3. The summed E-state index contributed by atoms with van der Waals surface area (Å²) in [5, 5.41) is 8.00. The van der Waals surface area contributed by atoms with Crippen LogP contribution in [0.1, 0.15) is 32.9 Å². The van der Waals surface area contributed by atoms with E-state index in [4.69, 9.17) is 11.6 Å². The van der Waals surface area contributed by atoms with E-state index in [1.165, 1.54) is 0 Å². The Morgan fingerprint density at radius 2 is 1.92 bits per heavy atom. The van der Waals surface area contributed by atoms with Gasteiger partial charge in [0.1, 0.15) is 0 Å². The van der Waals surface area contributed by atoms with Crippen LogP contribution in [0, 0.1) is 20.8 Å². The molecule has 0 bridgehead atoms. The molecule has 128 valence electrons. The molecule has 1 N–H and O–H groups in total. The molecule has 1 heterocycles. The molecule has 0 saturated carbocycles. The Bertz CT molecular complexity index is 930. The summed E-state index contributed by atoms with van der Waals surface area (Å²) in [5.74, 6) is -0.152. The van der Waals surface area contributed by atoms with Gasteiger partial charge in [0.2, 0.25) is 0 Å². The first-order valence-corrected chi connectivity index (χ1v) is 8.47. The van der Waals surface area contributed by atoms with Gasteiger partial charge in [-0.25, -0.2) is 0 Å². The lowest BCUT2D eigenvalue weighted by Gasteiger charge is -2.10. The number of halogens is 1. The van der Waals surface area contributed by atoms with Gasteiger partial charge in [-0.3, -0.25) is 9.48 Å². The Labute approximate surface area is 152 Å². The molecule has 0 aliphatic heterocycles. The average molecular weight is 354 g/mol. The maximum atomic E-state index is 12.6. The predicted octanol–water partition coefficient (Wildman–Crippen LogP) is 4.76. The summed E-state index contributed by atoms with van der Waals surface area (Å²) in [6, 6.07) is 15.1. The van der Waals surface area contributed by atoms with Crippen LogP contribution in [0.25, 0.3) is 0 Å². The molecule has 3 rings (SSSR count). The largest absolute Gasteiger partial charge is 0.322 e. The molecule has 0 aliphatic carbocycles. The molecule has 25 heavy (non-hydrogen) atoms. The van der Waals surface area contributed by atoms with Crippen molar-refractivity contribution in [2.75, 3.05) is 5.32 Å². The number of nitrogens with one attached hydrogen (secondary N) is 1. The number of carbonyl (C=O) groups excluding carboxylic acids is 1. The second-order valence-corrected chi connectivity index (χ2v) is 6.63. The van der Waals surface area contributed by atoms with Crippen LogP contribution in [0.5, 0.6) is 0 Å². The Hall–Kier alpha value is -2.59. The van der Waals surface area contributed by atoms with Gasteiger partial charge in [0.05, 0.1) is 12.2 Å². The van der Waals surface area contributed by atoms with Crippen molar-refractivity contribution in [3.05, 3.63) is 81.6 Å². The van der Waals surface area contributed by atoms with Gasteiger partial charge < -0.3 is 5.32 Å². The number of aromatic nitrogens is 2. The third kappa shape index (κ3) is 4.09. The fourth-order valence-corrected chi connectivity index (χ4v) is 2.91. The summed E-state index contributed by atoms with van der Waals surface area (Å²) >= 11 is 6.02. The van der Waals surface area contributed by atoms with Gasteiger partial charge in [-0.15, -0.1) is 0 Å². The number of hydrogen-bond donors (Lipinski definition) is 1. The number of aryl methyl sites for hydroxylation is 3. The smallest absolute Gasteiger partial charge is 0.255 e. The molecule has 0 radical (unpaired) electrons. The Morgan fingerprint density at radius 1 is 1.12 bits per heavy atom. The van der Waals surface area contributed by atoms with E-state index in [0.29, 0.717) is 17.1 Å². The lowest BCUT2D eigenvalue weighted by molar-refractivity contribution is 0.102. The summed E-state index contributed by atoms with van der Waals surface area (Å²) in [4.78, 5) is 12.6. The van der Waals surface area contributed by atoms with Crippen molar-refractivity contribution >= 4 is 23.2 Å². The van der Waals surface area contributed by atoms with Crippen LogP contribution in [0.2, 0.25) is 5.02 Å². The van der Waals surface area contributed by atoms with E-state index in [2.05, 4.69) is 10.4 Å². The highest BCUT2D eigenvalue weighted by Gasteiger charge is 2.10. The van der Waals surface area contributed by atoms with E-state index in [9.17, 15) is 4.79 Å². The first-order valence-electron chi connectivity index (χ1n) is 8.10. The molecule has 2 aromatic carbocycles. The molecule has 0 aliphatic rings. The molecular weight excluding hydrogens is 334 g/mol. The van der Waals surface area contributed by atoms with Gasteiger partial charge in [0.15, 0.2) is 0 Å². The maximum Gasteiger partial charge on any atom is 0.255 e. The molecule has 4 nitrogen and oxygen atoms in total. The third-order valence-corrected chi connectivity index (χ3v) is 4.31. The summed E-state index contributed by atoms with van der Waals surface area (Å²) in [6.07, 6.45) is 0. The van der Waals surface area contributed by atoms with E-state index >= 15 is 0 Å². The van der Waals surface area contributed by atoms with Gasteiger partial charge in [0, 0.05) is 22.0 Å². The molecule has 0 saturated heterocycles. The second kappa shape index (κ2) is 7.11. The molecule has 0 atom stereocenters. The number of amides is 1. The van der Waals surface area contributed by atoms with Gasteiger partial charge in [-0.05, 0) is 62.2 Å². The van der Waals surface area contributed by atoms with Crippen molar-refractivity contribution in [1.82, 2.24) is 9.78 Å². The van der Waals surface area contributed by atoms with E-state index in [1.807, 2.05) is 61.9 Å². The number of carbonyl (C=O) groups is 1. The molecular formula is C20H20ClN3O. The summed E-state index contributed by atoms with van der Waals surface area (Å²) < 4.78 is 1.94. The van der Waals surface area contributed by atoms with E-state index in [0.717, 1.165) is 28.2 Å². The minimum absolute atomic E-state index is 0.152. The van der Waals surface area contributed by atoms with Crippen LogP contribution >= 0.6 is 11.6 Å². The zero-order chi connectivity index (χ0) is 18.0. The van der Waals surface area contributed by atoms with E-state index in [-0.39, 0.29) is 5.91 Å². The zero-order valence-electron chi connectivity index (χ0n) is 14.5. The molecule has 5 heteroatoms. The van der Waals surface area contributed by atoms with Crippen LogP contribution in [-0.2, 0) is 6.54 Å². The normalized spacial score (nSPS) is 10.7.